The third-order valence-electron chi connectivity index (χ3n) is 2.25. The van der Waals surface area contributed by atoms with Crippen molar-refractivity contribution >= 4 is 5.91 Å². The third kappa shape index (κ3) is 2.57. The zero-order chi connectivity index (χ0) is 12.3. The standard InChI is InChI=1S/C10H11N5O2/c1-15-6-13-14-8(15)5-12-10(17)7-2-3-11-9(16)4-7/h2-4,6H,5H2,1H3,(H,11,16)(H,12,17). The minimum absolute atomic E-state index is 0.266. The number of aromatic nitrogens is 4. The van der Waals surface area contributed by atoms with Crippen molar-refractivity contribution in [3.05, 3.63) is 46.4 Å². The lowest BCUT2D eigenvalue weighted by Crippen LogP contribution is -2.25. The van der Waals surface area contributed by atoms with Gasteiger partial charge < -0.3 is 14.9 Å². The number of nitrogens with one attached hydrogen (secondary N) is 2. The van der Waals surface area contributed by atoms with Crippen LogP contribution in [0.2, 0.25) is 0 Å². The van der Waals surface area contributed by atoms with E-state index in [-0.39, 0.29) is 18.0 Å². The summed E-state index contributed by atoms with van der Waals surface area (Å²) in [5, 5.41) is 10.2. The number of nitrogens with zero attached hydrogens (tertiary/aromatic N) is 3. The van der Waals surface area contributed by atoms with Gasteiger partial charge in [-0.2, -0.15) is 0 Å². The number of amides is 1. The van der Waals surface area contributed by atoms with Gasteiger partial charge in [0.25, 0.3) is 5.91 Å². The Morgan fingerprint density at radius 2 is 2.41 bits per heavy atom. The summed E-state index contributed by atoms with van der Waals surface area (Å²) in [6, 6.07) is 2.78. The normalized spacial score (nSPS) is 10.2. The molecule has 0 fully saturated rings. The smallest absolute Gasteiger partial charge is 0.251 e. The molecule has 0 bridgehead atoms. The number of carbonyl (C=O) groups excluding carboxylic acids is 1. The highest BCUT2D eigenvalue weighted by atomic mass is 16.2. The Kier molecular flexibility index (Phi) is 2.99. The maximum Gasteiger partial charge on any atom is 0.251 e. The average molecular weight is 233 g/mol. The molecule has 7 heteroatoms. The summed E-state index contributed by atoms with van der Waals surface area (Å²) in [6.07, 6.45) is 2.98. The van der Waals surface area contributed by atoms with Crippen LogP contribution in [0.1, 0.15) is 16.2 Å². The molecule has 2 aromatic rings. The summed E-state index contributed by atoms with van der Waals surface area (Å²) >= 11 is 0. The van der Waals surface area contributed by atoms with Gasteiger partial charge in [-0.15, -0.1) is 10.2 Å². The van der Waals surface area contributed by atoms with Gasteiger partial charge in [-0.25, -0.2) is 0 Å². The van der Waals surface area contributed by atoms with Crippen molar-refractivity contribution in [1.29, 1.82) is 0 Å². The first-order valence-corrected chi connectivity index (χ1v) is 4.96. The molecule has 88 valence electrons. The van der Waals surface area contributed by atoms with Crippen molar-refractivity contribution in [2.75, 3.05) is 0 Å². The Morgan fingerprint density at radius 3 is 3.06 bits per heavy atom. The van der Waals surface area contributed by atoms with E-state index in [4.69, 9.17) is 0 Å². The first-order chi connectivity index (χ1) is 8.16. The highest BCUT2D eigenvalue weighted by molar-refractivity contribution is 5.93. The van der Waals surface area contributed by atoms with Crippen molar-refractivity contribution in [1.82, 2.24) is 25.1 Å². The minimum Gasteiger partial charge on any atom is -0.345 e. The molecule has 2 N–H and O–H groups in total. The summed E-state index contributed by atoms with van der Waals surface area (Å²) < 4.78 is 1.71. The molecule has 0 saturated carbocycles. The SMILES string of the molecule is Cn1cnnc1CNC(=O)c1cc[nH]c(=O)c1. The molecule has 0 aliphatic carbocycles. The number of aromatic amines is 1. The van der Waals surface area contributed by atoms with Crippen LogP contribution in [-0.2, 0) is 13.6 Å². The molecule has 0 radical (unpaired) electrons. The maximum atomic E-state index is 11.7. The monoisotopic (exact) mass is 233 g/mol. The topological polar surface area (TPSA) is 92.7 Å². The van der Waals surface area contributed by atoms with Crippen molar-refractivity contribution < 1.29 is 4.79 Å². The highest BCUT2D eigenvalue weighted by Gasteiger charge is 2.07. The van der Waals surface area contributed by atoms with E-state index in [1.807, 2.05) is 0 Å². The third-order valence-corrected chi connectivity index (χ3v) is 2.25. The van der Waals surface area contributed by atoms with Crippen molar-refractivity contribution in [3.63, 3.8) is 0 Å². The van der Waals surface area contributed by atoms with Crippen LogP contribution in [-0.4, -0.2) is 25.7 Å². The molecule has 7 nitrogen and oxygen atoms in total. The van der Waals surface area contributed by atoms with Gasteiger partial charge in [0.15, 0.2) is 5.82 Å². The van der Waals surface area contributed by atoms with Crippen molar-refractivity contribution in [2.45, 2.75) is 6.54 Å². The van der Waals surface area contributed by atoms with Crippen LogP contribution in [0.3, 0.4) is 0 Å². The van der Waals surface area contributed by atoms with E-state index >= 15 is 0 Å². The molecule has 0 unspecified atom stereocenters. The number of aryl methyl sites for hydroxylation is 1. The second kappa shape index (κ2) is 4.60. The van der Waals surface area contributed by atoms with Crippen LogP contribution in [0.25, 0.3) is 0 Å². The second-order valence-corrected chi connectivity index (χ2v) is 3.48. The number of hydrogen-bond donors (Lipinski definition) is 2. The van der Waals surface area contributed by atoms with Gasteiger partial charge in [0.2, 0.25) is 5.56 Å². The van der Waals surface area contributed by atoms with Crippen LogP contribution >= 0.6 is 0 Å². The summed E-state index contributed by atoms with van der Waals surface area (Å²) in [5.74, 6) is 0.322. The molecule has 2 aromatic heterocycles. The lowest BCUT2D eigenvalue weighted by Gasteiger charge is -2.03. The van der Waals surface area contributed by atoms with Crippen LogP contribution < -0.4 is 10.9 Å². The van der Waals surface area contributed by atoms with Gasteiger partial charge in [0.05, 0.1) is 6.54 Å². The van der Waals surface area contributed by atoms with E-state index in [1.165, 1.54) is 18.3 Å². The number of rotatable bonds is 3. The maximum absolute atomic E-state index is 11.7. The molecule has 1 amide bonds. The predicted octanol–water partition coefficient (Wildman–Crippen LogP) is -0.567. The van der Waals surface area contributed by atoms with Crippen LogP contribution in [0.4, 0.5) is 0 Å². The van der Waals surface area contributed by atoms with Crippen molar-refractivity contribution in [2.24, 2.45) is 7.05 Å². The largest absolute Gasteiger partial charge is 0.345 e. The number of H-pyrrole nitrogens is 1. The molecule has 17 heavy (non-hydrogen) atoms. The predicted molar refractivity (Wildman–Crippen MR) is 59.2 cm³/mol. The molecule has 2 heterocycles. The number of carbonyl (C=O) groups is 1. The Labute approximate surface area is 96.5 Å². The molecule has 0 aliphatic rings. The molecule has 0 atom stereocenters. The van der Waals surface area contributed by atoms with Crippen LogP contribution in [0.5, 0.6) is 0 Å². The van der Waals surface area contributed by atoms with Gasteiger partial charge in [0, 0.05) is 24.9 Å². The Bertz CT molecular complexity index is 586. The molecule has 2 rings (SSSR count). The molecule has 0 spiro atoms. The summed E-state index contributed by atoms with van der Waals surface area (Å²) in [5.41, 5.74) is 0.00669. The molecular weight excluding hydrogens is 222 g/mol. The summed E-state index contributed by atoms with van der Waals surface area (Å²) in [4.78, 5) is 25.1. The Morgan fingerprint density at radius 1 is 1.59 bits per heavy atom. The van der Waals surface area contributed by atoms with E-state index in [0.29, 0.717) is 11.4 Å². The van der Waals surface area contributed by atoms with E-state index < -0.39 is 0 Å². The molecular formula is C10H11N5O2. The lowest BCUT2D eigenvalue weighted by atomic mass is 10.2. The average Bonchev–Trinajstić information content (AvgIpc) is 2.72. The van der Waals surface area contributed by atoms with Gasteiger partial charge in [-0.1, -0.05) is 0 Å². The summed E-state index contributed by atoms with van der Waals surface area (Å²) in [7, 11) is 1.79. The fourth-order valence-electron chi connectivity index (χ4n) is 1.31. The molecule has 0 aliphatic heterocycles. The zero-order valence-corrected chi connectivity index (χ0v) is 9.17. The highest BCUT2D eigenvalue weighted by Crippen LogP contribution is 1.95. The van der Waals surface area contributed by atoms with E-state index in [9.17, 15) is 9.59 Å². The fourth-order valence-corrected chi connectivity index (χ4v) is 1.31. The van der Waals surface area contributed by atoms with Gasteiger partial charge >= 0.3 is 0 Å². The van der Waals surface area contributed by atoms with Crippen LogP contribution in [0.15, 0.2) is 29.5 Å². The molecule has 0 saturated heterocycles. The summed E-state index contributed by atoms with van der Waals surface area (Å²) in [6.45, 7) is 0.266. The first-order valence-electron chi connectivity index (χ1n) is 4.96. The van der Waals surface area contributed by atoms with E-state index in [2.05, 4.69) is 20.5 Å². The number of hydrogen-bond acceptors (Lipinski definition) is 4. The van der Waals surface area contributed by atoms with Crippen LogP contribution in [0, 0.1) is 0 Å². The van der Waals surface area contributed by atoms with Gasteiger partial charge in [-0.3, -0.25) is 9.59 Å². The molecule has 0 aromatic carbocycles. The first kappa shape index (κ1) is 11.1. The Balaban J connectivity index is 2.03. The fraction of sp³-hybridized carbons (Fsp3) is 0.200. The van der Waals surface area contributed by atoms with Gasteiger partial charge in [0.1, 0.15) is 6.33 Å². The Hall–Kier alpha value is -2.44. The van der Waals surface area contributed by atoms with Gasteiger partial charge in [-0.05, 0) is 6.07 Å². The van der Waals surface area contributed by atoms with E-state index in [1.54, 1.807) is 17.9 Å². The minimum atomic E-state index is -0.320. The lowest BCUT2D eigenvalue weighted by molar-refractivity contribution is 0.0949. The zero-order valence-electron chi connectivity index (χ0n) is 9.17. The van der Waals surface area contributed by atoms with E-state index in [0.717, 1.165) is 0 Å². The second-order valence-electron chi connectivity index (χ2n) is 3.48. The quantitative estimate of drug-likeness (QED) is 0.742. The van der Waals surface area contributed by atoms with Crippen molar-refractivity contribution in [3.8, 4) is 0 Å². The number of pyridine rings is 1.